The van der Waals surface area contributed by atoms with Gasteiger partial charge in [0.25, 0.3) is 5.56 Å². The number of nitrogens with zero attached hydrogens (tertiary/aromatic N) is 1. The SMILES string of the molecule is Cc1cn(C2CC3COCC3(CO)O2)c(=O)[nH]c1=O. The maximum atomic E-state index is 11.8. The van der Waals surface area contributed by atoms with Gasteiger partial charge < -0.3 is 14.6 Å². The number of hydrogen-bond acceptors (Lipinski definition) is 5. The van der Waals surface area contributed by atoms with Gasteiger partial charge in [0, 0.05) is 24.1 Å². The van der Waals surface area contributed by atoms with Crippen LogP contribution in [0.2, 0.25) is 0 Å². The van der Waals surface area contributed by atoms with Gasteiger partial charge in [-0.1, -0.05) is 0 Å². The number of rotatable bonds is 2. The lowest BCUT2D eigenvalue weighted by atomic mass is 9.91. The first-order valence-corrected chi connectivity index (χ1v) is 6.24. The van der Waals surface area contributed by atoms with Crippen LogP contribution in [0.1, 0.15) is 18.2 Å². The van der Waals surface area contributed by atoms with Crippen LogP contribution in [0.5, 0.6) is 0 Å². The molecule has 0 saturated carbocycles. The summed E-state index contributed by atoms with van der Waals surface area (Å²) >= 11 is 0. The zero-order chi connectivity index (χ0) is 13.6. The molecule has 7 nitrogen and oxygen atoms in total. The Kier molecular flexibility index (Phi) is 2.84. The van der Waals surface area contributed by atoms with Gasteiger partial charge in [-0.15, -0.1) is 0 Å². The zero-order valence-corrected chi connectivity index (χ0v) is 10.6. The third kappa shape index (κ3) is 1.85. The fourth-order valence-corrected chi connectivity index (χ4v) is 2.80. The van der Waals surface area contributed by atoms with Crippen LogP contribution in [0.4, 0.5) is 0 Å². The summed E-state index contributed by atoms with van der Waals surface area (Å²) in [6.45, 7) is 2.36. The Hall–Kier alpha value is -1.44. The van der Waals surface area contributed by atoms with Crippen molar-refractivity contribution in [2.24, 2.45) is 5.92 Å². The van der Waals surface area contributed by atoms with Crippen LogP contribution in [-0.4, -0.2) is 40.1 Å². The molecule has 1 aromatic rings. The van der Waals surface area contributed by atoms with Gasteiger partial charge in [0.05, 0.1) is 19.8 Å². The van der Waals surface area contributed by atoms with Crippen LogP contribution in [0.15, 0.2) is 15.8 Å². The van der Waals surface area contributed by atoms with Crippen molar-refractivity contribution in [1.29, 1.82) is 0 Å². The van der Waals surface area contributed by atoms with E-state index in [9.17, 15) is 14.7 Å². The molecule has 2 fully saturated rings. The Bertz CT molecular complexity index is 607. The van der Waals surface area contributed by atoms with Crippen molar-refractivity contribution in [3.05, 3.63) is 32.6 Å². The molecule has 2 aliphatic rings. The summed E-state index contributed by atoms with van der Waals surface area (Å²) in [5.74, 6) is 0.0710. The van der Waals surface area contributed by atoms with Crippen LogP contribution >= 0.6 is 0 Å². The molecule has 2 N–H and O–H groups in total. The molecule has 0 bridgehead atoms. The third-order valence-corrected chi connectivity index (χ3v) is 3.99. The second kappa shape index (κ2) is 4.29. The Labute approximate surface area is 108 Å². The standard InChI is InChI=1S/C12H16N2O5/c1-7-3-14(11(17)13-10(7)16)9-2-8-4-18-6-12(8,5-15)19-9/h3,8-9,15H,2,4-6H2,1H3,(H,13,16,17). The molecule has 2 aliphatic heterocycles. The summed E-state index contributed by atoms with van der Waals surface area (Å²) in [6, 6.07) is 0. The Balaban J connectivity index is 1.96. The number of H-pyrrole nitrogens is 1. The van der Waals surface area contributed by atoms with Crippen LogP contribution in [0, 0.1) is 12.8 Å². The highest BCUT2D eigenvalue weighted by atomic mass is 16.6. The number of hydrogen-bond donors (Lipinski definition) is 2. The molecule has 104 valence electrons. The van der Waals surface area contributed by atoms with Crippen molar-refractivity contribution in [3.8, 4) is 0 Å². The Morgan fingerprint density at radius 3 is 3.05 bits per heavy atom. The fourth-order valence-electron chi connectivity index (χ4n) is 2.80. The average molecular weight is 268 g/mol. The molecule has 1 aromatic heterocycles. The number of ether oxygens (including phenoxy) is 2. The molecule has 3 unspecified atom stereocenters. The molecule has 0 spiro atoms. The fraction of sp³-hybridized carbons (Fsp3) is 0.667. The molecule has 7 heteroatoms. The van der Waals surface area contributed by atoms with E-state index < -0.39 is 17.5 Å². The summed E-state index contributed by atoms with van der Waals surface area (Å²) < 4.78 is 12.6. The second-order valence-corrected chi connectivity index (χ2v) is 5.22. The number of aryl methyl sites for hydroxylation is 1. The number of aromatic amines is 1. The van der Waals surface area contributed by atoms with E-state index in [-0.39, 0.29) is 18.1 Å². The number of aliphatic hydroxyl groups is 1. The van der Waals surface area contributed by atoms with Crippen molar-refractivity contribution in [1.82, 2.24) is 9.55 Å². The summed E-state index contributed by atoms with van der Waals surface area (Å²) in [5, 5.41) is 9.51. The zero-order valence-electron chi connectivity index (χ0n) is 10.6. The molecule has 3 rings (SSSR count). The van der Waals surface area contributed by atoms with Gasteiger partial charge in [-0.3, -0.25) is 14.3 Å². The summed E-state index contributed by atoms with van der Waals surface area (Å²) in [6.07, 6.45) is 1.62. The predicted molar refractivity (Wildman–Crippen MR) is 64.9 cm³/mol. The molecule has 0 aliphatic carbocycles. The second-order valence-electron chi connectivity index (χ2n) is 5.22. The molecule has 0 radical (unpaired) electrons. The first kappa shape index (κ1) is 12.6. The largest absolute Gasteiger partial charge is 0.393 e. The van der Waals surface area contributed by atoms with E-state index >= 15 is 0 Å². The van der Waals surface area contributed by atoms with E-state index in [0.29, 0.717) is 25.2 Å². The van der Waals surface area contributed by atoms with Gasteiger partial charge in [0.2, 0.25) is 0 Å². The van der Waals surface area contributed by atoms with Gasteiger partial charge in [-0.05, 0) is 6.92 Å². The number of nitrogens with one attached hydrogen (secondary N) is 1. The van der Waals surface area contributed by atoms with Crippen molar-refractivity contribution < 1.29 is 14.6 Å². The number of fused-ring (bicyclic) bond motifs is 1. The van der Waals surface area contributed by atoms with Gasteiger partial charge in [-0.2, -0.15) is 0 Å². The number of aliphatic hydroxyl groups excluding tert-OH is 1. The highest BCUT2D eigenvalue weighted by Crippen LogP contribution is 2.44. The molecule has 3 atom stereocenters. The van der Waals surface area contributed by atoms with E-state index in [0.717, 1.165) is 0 Å². The minimum absolute atomic E-state index is 0.0710. The normalized spacial score (nSPS) is 33.6. The molecule has 2 saturated heterocycles. The minimum Gasteiger partial charge on any atom is -0.393 e. The first-order chi connectivity index (χ1) is 9.05. The summed E-state index contributed by atoms with van der Waals surface area (Å²) in [7, 11) is 0. The Morgan fingerprint density at radius 1 is 1.58 bits per heavy atom. The molecule has 19 heavy (non-hydrogen) atoms. The topological polar surface area (TPSA) is 93.6 Å². The van der Waals surface area contributed by atoms with E-state index in [1.54, 1.807) is 6.92 Å². The van der Waals surface area contributed by atoms with Crippen LogP contribution in [0.25, 0.3) is 0 Å². The van der Waals surface area contributed by atoms with E-state index in [2.05, 4.69) is 4.98 Å². The lowest BCUT2D eigenvalue weighted by Crippen LogP contribution is -2.40. The third-order valence-electron chi connectivity index (χ3n) is 3.99. The smallest absolute Gasteiger partial charge is 0.330 e. The first-order valence-electron chi connectivity index (χ1n) is 6.24. The van der Waals surface area contributed by atoms with E-state index in [1.807, 2.05) is 0 Å². The Morgan fingerprint density at radius 2 is 2.37 bits per heavy atom. The maximum absolute atomic E-state index is 11.8. The van der Waals surface area contributed by atoms with E-state index in [4.69, 9.17) is 9.47 Å². The minimum atomic E-state index is -0.714. The van der Waals surface area contributed by atoms with Crippen LogP contribution < -0.4 is 11.2 Å². The highest BCUT2D eigenvalue weighted by Gasteiger charge is 2.53. The predicted octanol–water partition coefficient (Wildman–Crippen LogP) is -0.859. The monoisotopic (exact) mass is 268 g/mol. The molecule has 3 heterocycles. The lowest BCUT2D eigenvalue weighted by molar-refractivity contribution is -0.112. The quantitative estimate of drug-likeness (QED) is 0.728. The van der Waals surface area contributed by atoms with Gasteiger partial charge in [0.1, 0.15) is 11.8 Å². The van der Waals surface area contributed by atoms with Crippen LogP contribution in [0.3, 0.4) is 0 Å². The molecule has 0 amide bonds. The van der Waals surface area contributed by atoms with Crippen molar-refractivity contribution in [2.75, 3.05) is 19.8 Å². The van der Waals surface area contributed by atoms with E-state index in [1.165, 1.54) is 10.8 Å². The molecular weight excluding hydrogens is 252 g/mol. The summed E-state index contributed by atoms with van der Waals surface area (Å²) in [5.41, 5.74) is -1.14. The maximum Gasteiger partial charge on any atom is 0.330 e. The molecule has 0 aromatic carbocycles. The number of aromatic nitrogens is 2. The van der Waals surface area contributed by atoms with Gasteiger partial charge >= 0.3 is 5.69 Å². The molecular formula is C12H16N2O5. The van der Waals surface area contributed by atoms with Crippen molar-refractivity contribution >= 4 is 0 Å². The van der Waals surface area contributed by atoms with Crippen molar-refractivity contribution in [3.63, 3.8) is 0 Å². The summed E-state index contributed by atoms with van der Waals surface area (Å²) in [4.78, 5) is 25.4. The van der Waals surface area contributed by atoms with Gasteiger partial charge in [0.15, 0.2) is 0 Å². The van der Waals surface area contributed by atoms with Crippen LogP contribution in [-0.2, 0) is 9.47 Å². The highest BCUT2D eigenvalue weighted by molar-refractivity contribution is 5.04. The van der Waals surface area contributed by atoms with Gasteiger partial charge in [-0.25, -0.2) is 4.79 Å². The van der Waals surface area contributed by atoms with Crippen molar-refractivity contribution in [2.45, 2.75) is 25.2 Å². The average Bonchev–Trinajstić information content (AvgIpc) is 2.90. The lowest BCUT2D eigenvalue weighted by Gasteiger charge is -2.25.